The second kappa shape index (κ2) is 4.45. The lowest BCUT2D eigenvalue weighted by molar-refractivity contribution is 0.0621. The van der Waals surface area contributed by atoms with Gasteiger partial charge in [0.25, 0.3) is 6.43 Å². The summed E-state index contributed by atoms with van der Waals surface area (Å²) in [5, 5.41) is 0. The molecule has 1 aromatic rings. The molecule has 1 rings (SSSR count). The van der Waals surface area contributed by atoms with E-state index in [2.05, 4.69) is 15.9 Å². The van der Waals surface area contributed by atoms with Crippen LogP contribution in [0.1, 0.15) is 12.5 Å². The number of halogens is 3. The van der Waals surface area contributed by atoms with Crippen molar-refractivity contribution in [2.75, 3.05) is 7.11 Å². The molecular weight excluding hydrogens is 268 g/mol. The summed E-state index contributed by atoms with van der Waals surface area (Å²) in [7, 11) is 1.51. The number of methoxy groups -OCH3 is 1. The Morgan fingerprint density at radius 1 is 1.47 bits per heavy atom. The smallest absolute Gasteiger partial charge is 0.260 e. The number of rotatable bonds is 3. The highest BCUT2D eigenvalue weighted by Gasteiger charge is 2.34. The van der Waals surface area contributed by atoms with Crippen molar-refractivity contribution >= 4 is 15.9 Å². The quantitative estimate of drug-likeness (QED) is 0.924. The average molecular weight is 280 g/mol. The maximum Gasteiger partial charge on any atom is 0.260 e. The predicted molar refractivity (Wildman–Crippen MR) is 58.2 cm³/mol. The van der Waals surface area contributed by atoms with Crippen molar-refractivity contribution < 1.29 is 13.5 Å². The van der Waals surface area contributed by atoms with E-state index in [0.29, 0.717) is 15.8 Å². The van der Waals surface area contributed by atoms with Crippen molar-refractivity contribution in [3.8, 4) is 5.75 Å². The van der Waals surface area contributed by atoms with Crippen molar-refractivity contribution in [1.82, 2.24) is 0 Å². The summed E-state index contributed by atoms with van der Waals surface area (Å²) in [6, 6.07) is 4.76. The number of alkyl halides is 2. The Bertz CT molecular complexity index is 355. The van der Waals surface area contributed by atoms with E-state index in [1.807, 2.05) is 0 Å². The summed E-state index contributed by atoms with van der Waals surface area (Å²) in [6.45, 7) is 1.30. The fraction of sp³-hybridized carbons (Fsp3) is 0.400. The number of ether oxygens (including phenoxy) is 1. The van der Waals surface area contributed by atoms with Gasteiger partial charge in [0.15, 0.2) is 0 Å². The van der Waals surface area contributed by atoms with Gasteiger partial charge in [0.1, 0.15) is 11.3 Å². The lowest BCUT2D eigenvalue weighted by Crippen LogP contribution is -2.40. The van der Waals surface area contributed by atoms with E-state index in [-0.39, 0.29) is 0 Å². The van der Waals surface area contributed by atoms with Crippen LogP contribution in [-0.4, -0.2) is 13.5 Å². The van der Waals surface area contributed by atoms with Gasteiger partial charge in [-0.25, -0.2) is 8.78 Å². The third-order valence-electron chi connectivity index (χ3n) is 2.21. The molecule has 0 radical (unpaired) electrons. The van der Waals surface area contributed by atoms with E-state index >= 15 is 0 Å². The molecule has 15 heavy (non-hydrogen) atoms. The van der Waals surface area contributed by atoms with Crippen molar-refractivity contribution in [2.45, 2.75) is 18.9 Å². The molecule has 1 unspecified atom stereocenters. The minimum absolute atomic E-state index is 0.360. The molecule has 84 valence electrons. The minimum Gasteiger partial charge on any atom is -0.497 e. The zero-order chi connectivity index (χ0) is 11.6. The summed E-state index contributed by atoms with van der Waals surface area (Å²) in [5.74, 6) is 0.593. The first-order valence-electron chi connectivity index (χ1n) is 4.30. The average Bonchev–Trinajstić information content (AvgIpc) is 2.16. The largest absolute Gasteiger partial charge is 0.497 e. The predicted octanol–water partition coefficient (Wildman–Crippen LogP) is 2.90. The molecule has 0 aliphatic carbocycles. The number of hydrogen-bond donors (Lipinski definition) is 1. The highest BCUT2D eigenvalue weighted by Crippen LogP contribution is 2.33. The maximum atomic E-state index is 12.7. The Morgan fingerprint density at radius 2 is 2.07 bits per heavy atom. The van der Waals surface area contributed by atoms with Gasteiger partial charge in [0, 0.05) is 4.47 Å². The zero-order valence-corrected chi connectivity index (χ0v) is 10.0. The fourth-order valence-electron chi connectivity index (χ4n) is 1.18. The van der Waals surface area contributed by atoms with Crippen LogP contribution >= 0.6 is 15.9 Å². The lowest BCUT2D eigenvalue weighted by Gasteiger charge is -2.25. The van der Waals surface area contributed by atoms with Crippen molar-refractivity contribution in [2.24, 2.45) is 5.73 Å². The number of nitrogens with two attached hydrogens (primary N) is 1. The van der Waals surface area contributed by atoms with Crippen LogP contribution in [0.25, 0.3) is 0 Å². The highest BCUT2D eigenvalue weighted by atomic mass is 79.9. The molecule has 2 N–H and O–H groups in total. The molecule has 1 atom stereocenters. The van der Waals surface area contributed by atoms with Crippen LogP contribution in [0.4, 0.5) is 8.78 Å². The van der Waals surface area contributed by atoms with Crippen LogP contribution in [0.2, 0.25) is 0 Å². The third-order valence-corrected chi connectivity index (χ3v) is 2.87. The van der Waals surface area contributed by atoms with Gasteiger partial charge < -0.3 is 10.5 Å². The maximum absolute atomic E-state index is 12.7. The van der Waals surface area contributed by atoms with E-state index in [0.717, 1.165) is 0 Å². The van der Waals surface area contributed by atoms with Gasteiger partial charge in [0.2, 0.25) is 0 Å². The van der Waals surface area contributed by atoms with Crippen LogP contribution in [0.5, 0.6) is 5.75 Å². The van der Waals surface area contributed by atoms with Crippen LogP contribution in [0.3, 0.4) is 0 Å². The minimum atomic E-state index is -2.62. The van der Waals surface area contributed by atoms with Gasteiger partial charge in [0.05, 0.1) is 7.11 Å². The Balaban J connectivity index is 3.16. The first kappa shape index (κ1) is 12.4. The molecule has 0 amide bonds. The summed E-state index contributed by atoms with van der Waals surface area (Å²) >= 11 is 3.20. The molecule has 0 aromatic heterocycles. The first-order valence-corrected chi connectivity index (χ1v) is 5.10. The van der Waals surface area contributed by atoms with Gasteiger partial charge in [-0.1, -0.05) is 22.0 Å². The highest BCUT2D eigenvalue weighted by molar-refractivity contribution is 9.10. The summed E-state index contributed by atoms with van der Waals surface area (Å²) in [4.78, 5) is 0. The zero-order valence-electron chi connectivity index (χ0n) is 8.43. The number of hydrogen-bond acceptors (Lipinski definition) is 2. The van der Waals surface area contributed by atoms with Crippen LogP contribution < -0.4 is 10.5 Å². The summed E-state index contributed by atoms with van der Waals surface area (Å²) in [6.07, 6.45) is -2.62. The molecule has 1 aromatic carbocycles. The Hall–Kier alpha value is -0.680. The monoisotopic (exact) mass is 279 g/mol. The molecule has 2 nitrogen and oxygen atoms in total. The van der Waals surface area contributed by atoms with E-state index in [1.54, 1.807) is 12.1 Å². The topological polar surface area (TPSA) is 35.2 Å². The second-order valence-electron chi connectivity index (χ2n) is 3.43. The molecule has 0 spiro atoms. The lowest BCUT2D eigenvalue weighted by atomic mass is 9.94. The molecule has 0 aliphatic heterocycles. The first-order chi connectivity index (χ1) is 6.89. The molecule has 0 heterocycles. The molecular formula is C10H12BrF2NO. The third kappa shape index (κ3) is 2.46. The van der Waals surface area contributed by atoms with Gasteiger partial charge in [-0.2, -0.15) is 0 Å². The van der Waals surface area contributed by atoms with Crippen LogP contribution in [0.15, 0.2) is 22.7 Å². The Kier molecular flexibility index (Phi) is 3.67. The van der Waals surface area contributed by atoms with Crippen LogP contribution in [-0.2, 0) is 5.54 Å². The van der Waals surface area contributed by atoms with Crippen molar-refractivity contribution in [3.05, 3.63) is 28.2 Å². The SMILES string of the molecule is COc1ccc(C(C)(N)C(F)F)c(Br)c1. The summed E-state index contributed by atoms with van der Waals surface area (Å²) in [5.41, 5.74) is 4.25. The van der Waals surface area contributed by atoms with Crippen molar-refractivity contribution in [3.63, 3.8) is 0 Å². The molecule has 0 fully saturated rings. The molecule has 0 aliphatic rings. The van der Waals surface area contributed by atoms with Crippen LogP contribution in [0, 0.1) is 0 Å². The van der Waals surface area contributed by atoms with E-state index in [9.17, 15) is 8.78 Å². The normalized spacial score (nSPS) is 15.1. The molecule has 5 heteroatoms. The Labute approximate surface area is 95.5 Å². The number of benzene rings is 1. The van der Waals surface area contributed by atoms with Gasteiger partial charge >= 0.3 is 0 Å². The molecule has 0 saturated heterocycles. The fourth-order valence-corrected chi connectivity index (χ4v) is 1.96. The van der Waals surface area contributed by atoms with Gasteiger partial charge in [-0.15, -0.1) is 0 Å². The van der Waals surface area contributed by atoms with Crippen molar-refractivity contribution in [1.29, 1.82) is 0 Å². The Morgan fingerprint density at radius 3 is 2.47 bits per heavy atom. The molecule has 0 saturated carbocycles. The van der Waals surface area contributed by atoms with E-state index in [4.69, 9.17) is 10.5 Å². The van der Waals surface area contributed by atoms with E-state index in [1.165, 1.54) is 20.1 Å². The van der Waals surface area contributed by atoms with Gasteiger partial charge in [-0.3, -0.25) is 0 Å². The standard InChI is InChI=1S/C10H12BrF2NO/c1-10(14,9(12)13)7-4-3-6(15-2)5-8(7)11/h3-5,9H,14H2,1-2H3. The summed E-state index contributed by atoms with van der Waals surface area (Å²) < 4.78 is 30.9. The van der Waals surface area contributed by atoms with E-state index < -0.39 is 12.0 Å². The molecule has 0 bridgehead atoms. The van der Waals surface area contributed by atoms with Gasteiger partial charge in [-0.05, 0) is 24.6 Å². The second-order valence-corrected chi connectivity index (χ2v) is 4.28.